The summed E-state index contributed by atoms with van der Waals surface area (Å²) >= 11 is 2.27. The van der Waals surface area contributed by atoms with Crippen molar-refractivity contribution < 1.29 is 9.47 Å². The van der Waals surface area contributed by atoms with Crippen LogP contribution in [0.15, 0.2) is 48.5 Å². The molecule has 0 fully saturated rings. The van der Waals surface area contributed by atoms with Crippen molar-refractivity contribution in [2.75, 3.05) is 19.8 Å². The molecule has 0 spiro atoms. The Hall–Kier alpha value is -1.27. The number of halogens is 1. The van der Waals surface area contributed by atoms with Gasteiger partial charge in [-0.2, -0.15) is 0 Å². The molecule has 4 heteroatoms. The number of nitrogens with one attached hydrogen (secondary N) is 1. The summed E-state index contributed by atoms with van der Waals surface area (Å²) in [6.07, 6.45) is 0. The Morgan fingerprint density at radius 2 is 1.62 bits per heavy atom. The Morgan fingerprint density at radius 3 is 2.29 bits per heavy atom. The highest BCUT2D eigenvalue weighted by molar-refractivity contribution is 14.1. The molecular formula is C17H20INO2. The molecule has 2 aromatic rings. The summed E-state index contributed by atoms with van der Waals surface area (Å²) in [5.41, 5.74) is 1.23. The molecule has 2 aromatic carbocycles. The molecule has 0 unspecified atom stereocenters. The first-order valence-corrected chi connectivity index (χ1v) is 8.16. The van der Waals surface area contributed by atoms with E-state index in [0.29, 0.717) is 13.2 Å². The summed E-state index contributed by atoms with van der Waals surface area (Å²) in [6.45, 7) is 5.01. The van der Waals surface area contributed by atoms with Gasteiger partial charge in [-0.25, -0.2) is 0 Å². The van der Waals surface area contributed by atoms with Gasteiger partial charge in [0.05, 0.1) is 0 Å². The Bertz CT molecular complexity index is 560. The molecule has 0 bridgehead atoms. The smallest absolute Gasteiger partial charge is 0.122 e. The van der Waals surface area contributed by atoms with E-state index in [-0.39, 0.29) is 0 Å². The lowest BCUT2D eigenvalue weighted by Gasteiger charge is -2.10. The molecule has 0 aliphatic heterocycles. The molecule has 2 rings (SSSR count). The highest BCUT2D eigenvalue weighted by Gasteiger charge is 1.98. The number of rotatable bonds is 8. The van der Waals surface area contributed by atoms with E-state index >= 15 is 0 Å². The molecule has 0 heterocycles. The normalized spacial score (nSPS) is 10.4. The highest BCUT2D eigenvalue weighted by atomic mass is 127. The second-order valence-electron chi connectivity index (χ2n) is 4.58. The van der Waals surface area contributed by atoms with E-state index in [1.54, 1.807) is 0 Å². The first-order chi connectivity index (χ1) is 10.3. The average Bonchev–Trinajstić information content (AvgIpc) is 2.50. The maximum atomic E-state index is 5.72. The van der Waals surface area contributed by atoms with E-state index in [0.717, 1.165) is 24.6 Å². The number of hydrogen-bond acceptors (Lipinski definition) is 3. The molecule has 21 heavy (non-hydrogen) atoms. The largest absolute Gasteiger partial charge is 0.490 e. The lowest BCUT2D eigenvalue weighted by atomic mass is 10.2. The minimum atomic E-state index is 0.538. The molecule has 0 atom stereocenters. The van der Waals surface area contributed by atoms with E-state index in [1.807, 2.05) is 36.4 Å². The summed E-state index contributed by atoms with van der Waals surface area (Å²) in [4.78, 5) is 0. The zero-order valence-corrected chi connectivity index (χ0v) is 14.3. The molecule has 0 saturated heterocycles. The molecule has 112 valence electrons. The SMILES string of the molecule is CCNCc1cccc(OCCOc2cccc(I)c2)c1. The van der Waals surface area contributed by atoms with Crippen molar-refractivity contribution >= 4 is 22.6 Å². The van der Waals surface area contributed by atoms with Crippen LogP contribution in [0.2, 0.25) is 0 Å². The zero-order chi connectivity index (χ0) is 14.9. The van der Waals surface area contributed by atoms with Crippen LogP contribution in [0.1, 0.15) is 12.5 Å². The van der Waals surface area contributed by atoms with Gasteiger partial charge < -0.3 is 14.8 Å². The van der Waals surface area contributed by atoms with E-state index in [9.17, 15) is 0 Å². The highest BCUT2D eigenvalue weighted by Crippen LogP contribution is 2.15. The fraction of sp³-hybridized carbons (Fsp3) is 0.294. The molecular weight excluding hydrogens is 377 g/mol. The Morgan fingerprint density at radius 1 is 0.952 bits per heavy atom. The maximum absolute atomic E-state index is 5.72. The standard InChI is InChI=1S/C17H20INO2/c1-2-19-13-14-5-3-7-16(11-14)20-9-10-21-17-8-4-6-15(18)12-17/h3-8,11-12,19H,2,9-10,13H2,1H3. The Balaban J connectivity index is 1.75. The lowest BCUT2D eigenvalue weighted by Crippen LogP contribution is -2.12. The Labute approximate surface area is 139 Å². The first kappa shape index (κ1) is 16.1. The van der Waals surface area contributed by atoms with E-state index in [4.69, 9.17) is 9.47 Å². The van der Waals surface area contributed by atoms with E-state index in [2.05, 4.69) is 47.0 Å². The van der Waals surface area contributed by atoms with Gasteiger partial charge in [0.2, 0.25) is 0 Å². The Kier molecular flexibility index (Phi) is 6.82. The second-order valence-corrected chi connectivity index (χ2v) is 5.83. The van der Waals surface area contributed by atoms with Gasteiger partial charge in [0.25, 0.3) is 0 Å². The number of ether oxygens (including phenoxy) is 2. The summed E-state index contributed by atoms with van der Waals surface area (Å²) < 4.78 is 12.6. The quantitative estimate of drug-likeness (QED) is 0.542. The van der Waals surface area contributed by atoms with Gasteiger partial charge >= 0.3 is 0 Å². The van der Waals surface area contributed by atoms with Crippen molar-refractivity contribution in [3.63, 3.8) is 0 Å². The first-order valence-electron chi connectivity index (χ1n) is 7.09. The second kappa shape index (κ2) is 8.89. The monoisotopic (exact) mass is 397 g/mol. The van der Waals surface area contributed by atoms with Crippen molar-refractivity contribution in [3.8, 4) is 11.5 Å². The molecule has 0 aliphatic carbocycles. The minimum Gasteiger partial charge on any atom is -0.490 e. The van der Waals surface area contributed by atoms with Gasteiger partial charge in [0, 0.05) is 10.1 Å². The fourth-order valence-electron chi connectivity index (χ4n) is 1.89. The summed E-state index contributed by atoms with van der Waals surface area (Å²) in [7, 11) is 0. The average molecular weight is 397 g/mol. The molecule has 0 aromatic heterocycles. The third-order valence-corrected chi connectivity index (χ3v) is 3.57. The summed E-state index contributed by atoms with van der Waals surface area (Å²) in [5, 5.41) is 3.30. The minimum absolute atomic E-state index is 0.538. The van der Waals surface area contributed by atoms with Gasteiger partial charge in [0.15, 0.2) is 0 Å². The molecule has 0 amide bonds. The third kappa shape index (κ3) is 5.93. The maximum Gasteiger partial charge on any atom is 0.122 e. The number of hydrogen-bond donors (Lipinski definition) is 1. The predicted octanol–water partition coefficient (Wildman–Crippen LogP) is 3.86. The van der Waals surface area contributed by atoms with Crippen molar-refractivity contribution in [3.05, 3.63) is 57.7 Å². The van der Waals surface area contributed by atoms with Gasteiger partial charge in [-0.1, -0.05) is 25.1 Å². The molecule has 1 N–H and O–H groups in total. The van der Waals surface area contributed by atoms with Gasteiger partial charge in [0.1, 0.15) is 24.7 Å². The van der Waals surface area contributed by atoms with Crippen molar-refractivity contribution in [1.82, 2.24) is 5.32 Å². The van der Waals surface area contributed by atoms with Gasteiger partial charge in [-0.05, 0) is 65.0 Å². The summed E-state index contributed by atoms with van der Waals surface area (Å²) in [6, 6.07) is 16.1. The lowest BCUT2D eigenvalue weighted by molar-refractivity contribution is 0.217. The van der Waals surface area contributed by atoms with Crippen LogP contribution >= 0.6 is 22.6 Å². The van der Waals surface area contributed by atoms with Crippen LogP contribution in [0.25, 0.3) is 0 Å². The topological polar surface area (TPSA) is 30.5 Å². The van der Waals surface area contributed by atoms with Crippen LogP contribution in [0, 0.1) is 3.57 Å². The van der Waals surface area contributed by atoms with E-state index in [1.165, 1.54) is 9.13 Å². The van der Waals surface area contributed by atoms with Crippen LogP contribution in [0.4, 0.5) is 0 Å². The molecule has 0 radical (unpaired) electrons. The third-order valence-electron chi connectivity index (χ3n) is 2.89. The van der Waals surface area contributed by atoms with Crippen LogP contribution < -0.4 is 14.8 Å². The van der Waals surface area contributed by atoms with Crippen LogP contribution in [-0.2, 0) is 6.54 Å². The van der Waals surface area contributed by atoms with E-state index < -0.39 is 0 Å². The van der Waals surface area contributed by atoms with Crippen molar-refractivity contribution in [1.29, 1.82) is 0 Å². The van der Waals surface area contributed by atoms with Gasteiger partial charge in [-0.15, -0.1) is 0 Å². The fourth-order valence-corrected chi connectivity index (χ4v) is 2.40. The predicted molar refractivity (Wildman–Crippen MR) is 94.0 cm³/mol. The van der Waals surface area contributed by atoms with Crippen molar-refractivity contribution in [2.45, 2.75) is 13.5 Å². The zero-order valence-electron chi connectivity index (χ0n) is 12.1. The van der Waals surface area contributed by atoms with Crippen molar-refractivity contribution in [2.24, 2.45) is 0 Å². The molecule has 0 aliphatic rings. The van der Waals surface area contributed by atoms with Gasteiger partial charge in [-0.3, -0.25) is 0 Å². The van der Waals surface area contributed by atoms with Crippen LogP contribution in [0.3, 0.4) is 0 Å². The summed E-state index contributed by atoms with van der Waals surface area (Å²) in [5.74, 6) is 1.77. The molecule has 0 saturated carbocycles. The van der Waals surface area contributed by atoms with Crippen LogP contribution in [0.5, 0.6) is 11.5 Å². The van der Waals surface area contributed by atoms with Crippen LogP contribution in [-0.4, -0.2) is 19.8 Å². The molecule has 3 nitrogen and oxygen atoms in total. The number of benzene rings is 2.